The van der Waals surface area contributed by atoms with Gasteiger partial charge in [0, 0.05) is 42.1 Å². The molecule has 0 N–H and O–H groups in total. The van der Waals surface area contributed by atoms with E-state index >= 15 is 0 Å². The van der Waals surface area contributed by atoms with E-state index in [4.69, 9.17) is 9.97 Å². The normalized spacial score (nSPS) is 11.6. The highest BCUT2D eigenvalue weighted by Gasteiger charge is 2.19. The minimum absolute atomic E-state index is 0.663. The molecule has 0 fully saturated rings. The second kappa shape index (κ2) is 10.0. The summed E-state index contributed by atoms with van der Waals surface area (Å²) >= 11 is 1.85. The van der Waals surface area contributed by atoms with Crippen molar-refractivity contribution < 1.29 is 0 Å². The van der Waals surface area contributed by atoms with Crippen LogP contribution in [0.1, 0.15) is 0 Å². The molecule has 0 amide bonds. The third kappa shape index (κ3) is 4.03. The first-order valence-electron chi connectivity index (χ1n) is 14.8. The molecule has 0 bridgehead atoms. The van der Waals surface area contributed by atoms with E-state index < -0.39 is 0 Å². The van der Waals surface area contributed by atoms with Gasteiger partial charge in [0.15, 0.2) is 0 Å². The lowest BCUT2D eigenvalue weighted by Crippen LogP contribution is -2.04. The molecule has 3 aromatic heterocycles. The SMILES string of the molecule is c1ccc(-c2ccc3c(c2)c2cc4sc5ccccc5c4cc2n3-c2nc(-c3ccccc3)cc(-c3ccccc3)n2)cc1. The van der Waals surface area contributed by atoms with Gasteiger partial charge in [0.1, 0.15) is 0 Å². The fourth-order valence-electron chi connectivity index (χ4n) is 6.31. The van der Waals surface area contributed by atoms with Crippen LogP contribution in [-0.2, 0) is 0 Å². The number of hydrogen-bond acceptors (Lipinski definition) is 3. The van der Waals surface area contributed by atoms with Gasteiger partial charge in [0.05, 0.1) is 22.4 Å². The number of thiophene rings is 1. The van der Waals surface area contributed by atoms with E-state index in [2.05, 4.69) is 144 Å². The van der Waals surface area contributed by atoms with Crippen LogP contribution in [0.2, 0.25) is 0 Å². The van der Waals surface area contributed by atoms with Gasteiger partial charge in [0.2, 0.25) is 5.95 Å². The van der Waals surface area contributed by atoms with Crippen molar-refractivity contribution in [3.05, 3.63) is 152 Å². The maximum absolute atomic E-state index is 5.24. The van der Waals surface area contributed by atoms with Crippen molar-refractivity contribution in [1.82, 2.24) is 14.5 Å². The quantitative estimate of drug-likeness (QED) is 0.208. The molecular weight excluding hydrogens is 555 g/mol. The summed E-state index contributed by atoms with van der Waals surface area (Å²) in [6.45, 7) is 0. The van der Waals surface area contributed by atoms with Gasteiger partial charge in [-0.15, -0.1) is 11.3 Å². The largest absolute Gasteiger partial charge is 0.278 e. The molecule has 0 aliphatic rings. The lowest BCUT2D eigenvalue weighted by molar-refractivity contribution is 0.996. The van der Waals surface area contributed by atoms with E-state index in [9.17, 15) is 0 Å². The van der Waals surface area contributed by atoms with Crippen LogP contribution < -0.4 is 0 Å². The molecule has 3 heterocycles. The summed E-state index contributed by atoms with van der Waals surface area (Å²) < 4.78 is 4.83. The Balaban J connectivity index is 1.39. The summed E-state index contributed by atoms with van der Waals surface area (Å²) in [5, 5.41) is 4.93. The second-order valence-corrected chi connectivity index (χ2v) is 12.2. The Labute approximate surface area is 258 Å². The molecule has 9 aromatic rings. The number of hydrogen-bond donors (Lipinski definition) is 0. The van der Waals surface area contributed by atoms with Crippen LogP contribution in [0.5, 0.6) is 0 Å². The second-order valence-electron chi connectivity index (χ2n) is 11.1. The van der Waals surface area contributed by atoms with Gasteiger partial charge in [-0.3, -0.25) is 4.57 Å². The fourth-order valence-corrected chi connectivity index (χ4v) is 7.44. The maximum Gasteiger partial charge on any atom is 0.235 e. The van der Waals surface area contributed by atoms with Gasteiger partial charge >= 0.3 is 0 Å². The number of nitrogens with zero attached hydrogens (tertiary/aromatic N) is 3. The Morgan fingerprint density at radius 1 is 0.386 bits per heavy atom. The van der Waals surface area contributed by atoms with Crippen LogP contribution in [0.15, 0.2) is 152 Å². The summed E-state index contributed by atoms with van der Waals surface area (Å²) in [5.41, 5.74) is 8.50. The minimum Gasteiger partial charge on any atom is -0.278 e. The highest BCUT2D eigenvalue weighted by molar-refractivity contribution is 7.25. The molecule has 4 heteroatoms. The van der Waals surface area contributed by atoms with Gasteiger partial charge in [0.25, 0.3) is 0 Å². The summed E-state index contributed by atoms with van der Waals surface area (Å²) in [5.74, 6) is 0.663. The topological polar surface area (TPSA) is 30.7 Å². The number of fused-ring (bicyclic) bond motifs is 6. The van der Waals surface area contributed by atoms with E-state index in [1.54, 1.807) is 0 Å². The molecule has 6 aromatic carbocycles. The first-order valence-corrected chi connectivity index (χ1v) is 15.6. The van der Waals surface area contributed by atoms with Crippen molar-refractivity contribution in [2.45, 2.75) is 0 Å². The Bertz CT molecular complexity index is 2420. The van der Waals surface area contributed by atoms with Crippen LogP contribution in [0.25, 0.3) is 81.6 Å². The van der Waals surface area contributed by atoms with Crippen molar-refractivity contribution in [3.8, 4) is 39.6 Å². The zero-order chi connectivity index (χ0) is 29.0. The van der Waals surface area contributed by atoms with Gasteiger partial charge in [-0.2, -0.15) is 0 Å². The van der Waals surface area contributed by atoms with Crippen LogP contribution in [0.4, 0.5) is 0 Å². The molecule has 9 rings (SSSR count). The predicted octanol–water partition coefficient (Wildman–Crippen LogP) is 10.9. The molecule has 0 aliphatic carbocycles. The van der Waals surface area contributed by atoms with E-state index in [1.165, 1.54) is 42.1 Å². The smallest absolute Gasteiger partial charge is 0.235 e. The summed E-state index contributed by atoms with van der Waals surface area (Å²) in [7, 11) is 0. The molecule has 206 valence electrons. The third-order valence-corrected chi connectivity index (χ3v) is 9.56. The van der Waals surface area contributed by atoms with Gasteiger partial charge < -0.3 is 0 Å². The standard InChI is InChI=1S/C40H25N3S/c1-4-12-26(13-5-1)29-20-21-36-31(22-29)32-24-39-33(30-18-10-11-19-38(30)44-39)23-37(32)43(36)40-41-34(27-14-6-2-7-15-27)25-35(42-40)28-16-8-3-9-17-28/h1-25H. The predicted molar refractivity (Wildman–Crippen MR) is 186 cm³/mol. The molecule has 44 heavy (non-hydrogen) atoms. The number of rotatable bonds is 4. The third-order valence-electron chi connectivity index (χ3n) is 8.42. The first-order chi connectivity index (χ1) is 21.8. The first kappa shape index (κ1) is 25.0. The summed E-state index contributed by atoms with van der Waals surface area (Å²) in [6.07, 6.45) is 0. The lowest BCUT2D eigenvalue weighted by Gasteiger charge is -2.12. The van der Waals surface area contributed by atoms with Crippen LogP contribution in [0.3, 0.4) is 0 Å². The van der Waals surface area contributed by atoms with Gasteiger partial charge in [-0.1, -0.05) is 115 Å². The molecule has 0 saturated heterocycles. The zero-order valence-corrected chi connectivity index (χ0v) is 24.5. The van der Waals surface area contributed by atoms with Crippen LogP contribution in [0, 0.1) is 0 Å². The van der Waals surface area contributed by atoms with E-state index in [0.717, 1.165) is 33.5 Å². The summed E-state index contributed by atoms with van der Waals surface area (Å²) in [6, 6.07) is 53.6. The Morgan fingerprint density at radius 3 is 1.66 bits per heavy atom. The average Bonchev–Trinajstić information content (AvgIpc) is 3.62. The molecule has 0 unspecified atom stereocenters. The van der Waals surface area contributed by atoms with E-state index in [-0.39, 0.29) is 0 Å². The minimum atomic E-state index is 0.663. The van der Waals surface area contributed by atoms with Crippen molar-refractivity contribution in [3.63, 3.8) is 0 Å². The molecule has 0 atom stereocenters. The Hall–Kier alpha value is -5.58. The molecule has 0 radical (unpaired) electrons. The Morgan fingerprint density at radius 2 is 0.977 bits per heavy atom. The average molecular weight is 580 g/mol. The van der Waals surface area contributed by atoms with E-state index in [1.807, 2.05) is 23.5 Å². The number of aromatic nitrogens is 3. The highest BCUT2D eigenvalue weighted by Crippen LogP contribution is 2.41. The van der Waals surface area contributed by atoms with Crippen molar-refractivity contribution in [2.75, 3.05) is 0 Å². The summed E-state index contributed by atoms with van der Waals surface area (Å²) in [4.78, 5) is 10.5. The van der Waals surface area contributed by atoms with Crippen molar-refractivity contribution >= 4 is 53.3 Å². The molecule has 0 aliphatic heterocycles. The van der Waals surface area contributed by atoms with Crippen molar-refractivity contribution in [2.24, 2.45) is 0 Å². The van der Waals surface area contributed by atoms with Crippen LogP contribution >= 0.6 is 11.3 Å². The number of benzene rings is 6. The van der Waals surface area contributed by atoms with Gasteiger partial charge in [-0.05, 0) is 47.5 Å². The van der Waals surface area contributed by atoms with Crippen molar-refractivity contribution in [1.29, 1.82) is 0 Å². The van der Waals surface area contributed by atoms with Gasteiger partial charge in [-0.25, -0.2) is 9.97 Å². The Kier molecular flexibility index (Phi) is 5.68. The highest BCUT2D eigenvalue weighted by atomic mass is 32.1. The fraction of sp³-hybridized carbons (Fsp3) is 0. The molecule has 0 saturated carbocycles. The molecule has 3 nitrogen and oxygen atoms in total. The van der Waals surface area contributed by atoms with E-state index in [0.29, 0.717) is 5.95 Å². The zero-order valence-electron chi connectivity index (χ0n) is 23.7. The maximum atomic E-state index is 5.24. The van der Waals surface area contributed by atoms with Crippen LogP contribution in [-0.4, -0.2) is 14.5 Å². The molecule has 0 spiro atoms. The monoisotopic (exact) mass is 579 g/mol. The lowest BCUT2D eigenvalue weighted by atomic mass is 10.0. The molecular formula is C40H25N3S.